The molecule has 0 aliphatic heterocycles. The fourth-order valence-electron chi connectivity index (χ4n) is 2.25. The highest BCUT2D eigenvalue weighted by molar-refractivity contribution is 5.68. The third-order valence-corrected chi connectivity index (χ3v) is 3.51. The molecule has 3 aromatic rings. The van der Waals surface area contributed by atoms with E-state index in [2.05, 4.69) is 10.2 Å². The second-order valence-electron chi connectivity index (χ2n) is 5.33. The summed E-state index contributed by atoms with van der Waals surface area (Å²) in [6.07, 6.45) is -4.46. The lowest BCUT2D eigenvalue weighted by Gasteiger charge is -2.14. The predicted octanol–water partition coefficient (Wildman–Crippen LogP) is 4.32. The molecule has 0 amide bonds. The zero-order chi connectivity index (χ0) is 17.9. The Morgan fingerprint density at radius 2 is 1.68 bits per heavy atom. The Morgan fingerprint density at radius 1 is 0.920 bits per heavy atom. The molecule has 7 heteroatoms. The summed E-state index contributed by atoms with van der Waals surface area (Å²) in [7, 11) is 0. The molecule has 0 aliphatic carbocycles. The number of benzene rings is 2. The highest BCUT2D eigenvalue weighted by Crippen LogP contribution is 2.36. The molecule has 0 unspecified atom stereocenters. The van der Waals surface area contributed by atoms with Crippen molar-refractivity contribution in [2.45, 2.75) is 12.8 Å². The van der Waals surface area contributed by atoms with Gasteiger partial charge in [-0.2, -0.15) is 13.2 Å². The first-order valence-corrected chi connectivity index (χ1v) is 7.41. The summed E-state index contributed by atoms with van der Waals surface area (Å²) in [6.45, 7) is 0.136. The number of hydrogen-bond acceptors (Lipinski definition) is 4. The van der Waals surface area contributed by atoms with Crippen LogP contribution in [0.5, 0.6) is 5.75 Å². The van der Waals surface area contributed by atoms with Crippen LogP contribution < -0.4 is 10.5 Å². The van der Waals surface area contributed by atoms with Gasteiger partial charge in [0.15, 0.2) is 0 Å². The van der Waals surface area contributed by atoms with E-state index in [1.165, 1.54) is 12.1 Å². The Hall–Kier alpha value is -3.09. The van der Waals surface area contributed by atoms with Gasteiger partial charge in [0.2, 0.25) is 0 Å². The number of ether oxygens (including phenoxy) is 1. The van der Waals surface area contributed by atoms with Crippen LogP contribution in [0.1, 0.15) is 11.1 Å². The van der Waals surface area contributed by atoms with Gasteiger partial charge in [0.25, 0.3) is 0 Å². The third kappa shape index (κ3) is 4.06. The average molecular weight is 345 g/mol. The van der Waals surface area contributed by atoms with Crippen LogP contribution in [0.15, 0.2) is 60.7 Å². The Bertz CT molecular complexity index is 850. The molecule has 1 aromatic heterocycles. The van der Waals surface area contributed by atoms with Crippen molar-refractivity contribution in [3.8, 4) is 17.0 Å². The quantitative estimate of drug-likeness (QED) is 0.765. The van der Waals surface area contributed by atoms with Gasteiger partial charge in [0, 0.05) is 5.56 Å². The van der Waals surface area contributed by atoms with E-state index in [4.69, 9.17) is 10.5 Å². The van der Waals surface area contributed by atoms with Crippen LogP contribution >= 0.6 is 0 Å². The van der Waals surface area contributed by atoms with Crippen molar-refractivity contribution in [2.24, 2.45) is 0 Å². The first-order chi connectivity index (χ1) is 11.9. The van der Waals surface area contributed by atoms with Gasteiger partial charge in [-0.1, -0.05) is 30.3 Å². The minimum atomic E-state index is -4.46. The van der Waals surface area contributed by atoms with Crippen molar-refractivity contribution in [2.75, 3.05) is 5.73 Å². The molecule has 0 saturated carbocycles. The lowest BCUT2D eigenvalue weighted by molar-refractivity contribution is -0.137. The summed E-state index contributed by atoms with van der Waals surface area (Å²) in [5.41, 5.74) is 6.35. The number of anilines is 1. The highest BCUT2D eigenvalue weighted by Gasteiger charge is 2.31. The van der Waals surface area contributed by atoms with Crippen LogP contribution in [0.25, 0.3) is 11.3 Å². The van der Waals surface area contributed by atoms with E-state index >= 15 is 0 Å². The standard InChI is InChI=1S/C18H14F3N3O/c19-18(20,21)13-6-7-14(15-8-9-17(22)24-23-15)16(10-13)25-11-12-4-2-1-3-5-12/h1-10H,11H2,(H2,22,24). The number of hydrogen-bond donors (Lipinski definition) is 1. The average Bonchev–Trinajstić information content (AvgIpc) is 2.61. The zero-order valence-electron chi connectivity index (χ0n) is 13.0. The lowest BCUT2D eigenvalue weighted by atomic mass is 10.1. The Morgan fingerprint density at radius 3 is 2.32 bits per heavy atom. The zero-order valence-corrected chi connectivity index (χ0v) is 13.0. The SMILES string of the molecule is Nc1ccc(-c2ccc(C(F)(F)F)cc2OCc2ccccc2)nn1. The second kappa shape index (κ2) is 6.80. The maximum atomic E-state index is 13.0. The van der Waals surface area contributed by atoms with E-state index < -0.39 is 11.7 Å². The normalized spacial score (nSPS) is 11.3. The molecule has 0 spiro atoms. The fourth-order valence-corrected chi connectivity index (χ4v) is 2.25. The summed E-state index contributed by atoms with van der Waals surface area (Å²) in [5.74, 6) is 0.306. The minimum Gasteiger partial charge on any atom is -0.488 e. The first kappa shape index (κ1) is 16.8. The smallest absolute Gasteiger partial charge is 0.416 e. The van der Waals surface area contributed by atoms with E-state index in [1.54, 1.807) is 6.07 Å². The predicted molar refractivity (Wildman–Crippen MR) is 87.7 cm³/mol. The van der Waals surface area contributed by atoms with Crippen molar-refractivity contribution >= 4 is 5.82 Å². The lowest BCUT2D eigenvalue weighted by Crippen LogP contribution is -2.06. The van der Waals surface area contributed by atoms with Crippen molar-refractivity contribution in [1.82, 2.24) is 10.2 Å². The second-order valence-corrected chi connectivity index (χ2v) is 5.33. The number of rotatable bonds is 4. The van der Waals surface area contributed by atoms with Crippen LogP contribution in [0.2, 0.25) is 0 Å². The summed E-state index contributed by atoms with van der Waals surface area (Å²) >= 11 is 0. The van der Waals surface area contributed by atoms with E-state index in [0.29, 0.717) is 11.3 Å². The molecule has 4 nitrogen and oxygen atoms in total. The largest absolute Gasteiger partial charge is 0.488 e. The highest BCUT2D eigenvalue weighted by atomic mass is 19.4. The van der Waals surface area contributed by atoms with Crippen molar-refractivity contribution in [3.63, 3.8) is 0 Å². The molecule has 25 heavy (non-hydrogen) atoms. The van der Waals surface area contributed by atoms with E-state index in [0.717, 1.165) is 17.7 Å². The molecular formula is C18H14F3N3O. The topological polar surface area (TPSA) is 61.0 Å². The molecule has 0 fully saturated rings. The number of nitrogens with zero attached hydrogens (tertiary/aromatic N) is 2. The Labute approximate surface area is 142 Å². The van der Waals surface area contributed by atoms with Gasteiger partial charge >= 0.3 is 6.18 Å². The summed E-state index contributed by atoms with van der Waals surface area (Å²) < 4.78 is 44.7. The van der Waals surface area contributed by atoms with Gasteiger partial charge in [-0.25, -0.2) is 0 Å². The molecule has 3 rings (SSSR count). The fraction of sp³-hybridized carbons (Fsp3) is 0.111. The maximum absolute atomic E-state index is 13.0. The summed E-state index contributed by atoms with van der Waals surface area (Å²) in [4.78, 5) is 0. The minimum absolute atomic E-state index is 0.0812. The Balaban J connectivity index is 1.97. The number of alkyl halides is 3. The van der Waals surface area contributed by atoms with E-state index in [1.807, 2.05) is 30.3 Å². The van der Waals surface area contributed by atoms with Crippen LogP contribution in [0.4, 0.5) is 19.0 Å². The maximum Gasteiger partial charge on any atom is 0.416 e. The van der Waals surface area contributed by atoms with Gasteiger partial charge in [0.05, 0.1) is 11.3 Å². The van der Waals surface area contributed by atoms with Crippen molar-refractivity contribution < 1.29 is 17.9 Å². The summed E-state index contributed by atoms with van der Waals surface area (Å²) in [5, 5.41) is 7.66. The molecule has 2 aromatic carbocycles. The molecule has 2 N–H and O–H groups in total. The van der Waals surface area contributed by atoms with Crippen LogP contribution in [-0.2, 0) is 12.8 Å². The van der Waals surface area contributed by atoms with Gasteiger partial charge in [-0.3, -0.25) is 0 Å². The number of nitrogens with two attached hydrogens (primary N) is 1. The first-order valence-electron chi connectivity index (χ1n) is 7.41. The van der Waals surface area contributed by atoms with Gasteiger partial charge in [-0.05, 0) is 35.9 Å². The number of aromatic nitrogens is 2. The van der Waals surface area contributed by atoms with E-state index in [9.17, 15) is 13.2 Å². The molecule has 128 valence electrons. The number of halogens is 3. The van der Waals surface area contributed by atoms with Gasteiger partial charge < -0.3 is 10.5 Å². The molecule has 1 heterocycles. The monoisotopic (exact) mass is 345 g/mol. The molecule has 0 aliphatic rings. The van der Waals surface area contributed by atoms with E-state index in [-0.39, 0.29) is 18.2 Å². The van der Waals surface area contributed by atoms with Crippen molar-refractivity contribution in [3.05, 3.63) is 71.8 Å². The van der Waals surface area contributed by atoms with Crippen molar-refractivity contribution in [1.29, 1.82) is 0 Å². The molecule has 0 radical (unpaired) electrons. The van der Waals surface area contributed by atoms with Crippen LogP contribution in [0, 0.1) is 0 Å². The Kier molecular flexibility index (Phi) is 4.56. The number of nitrogen functional groups attached to an aromatic ring is 1. The van der Waals surface area contributed by atoms with Crippen LogP contribution in [0.3, 0.4) is 0 Å². The molecule has 0 bridgehead atoms. The molecule has 0 saturated heterocycles. The van der Waals surface area contributed by atoms with Gasteiger partial charge in [-0.15, -0.1) is 10.2 Å². The molecule has 0 atom stereocenters. The molecular weight excluding hydrogens is 331 g/mol. The van der Waals surface area contributed by atoms with Crippen LogP contribution in [-0.4, -0.2) is 10.2 Å². The third-order valence-electron chi connectivity index (χ3n) is 3.51. The van der Waals surface area contributed by atoms with Gasteiger partial charge in [0.1, 0.15) is 18.2 Å². The summed E-state index contributed by atoms with van der Waals surface area (Å²) in [6, 6.07) is 15.6.